The van der Waals surface area contributed by atoms with Gasteiger partial charge in [0.15, 0.2) is 0 Å². The zero-order valence-electron chi connectivity index (χ0n) is 3.46. The first kappa shape index (κ1) is 6.22. The van der Waals surface area contributed by atoms with Crippen LogP contribution in [-0.2, 0) is 0 Å². The Morgan fingerprint density at radius 2 is 2.00 bits per heavy atom. The minimum absolute atomic E-state index is 0.882. The fourth-order valence-corrected chi connectivity index (χ4v) is 0. The van der Waals surface area contributed by atoms with E-state index in [0.29, 0.717) is 0 Å². The quantitative estimate of drug-likeness (QED) is 0.344. The molecule has 0 rings (SSSR count). The van der Waals surface area contributed by atoms with Crippen LogP contribution in [0.2, 0.25) is 6.82 Å². The summed E-state index contributed by atoms with van der Waals surface area (Å²) in [7, 11) is 1.10. The number of hydrogen-bond acceptors (Lipinski definition) is 0. The highest BCUT2D eigenvalue weighted by atomic mass is 127. The molecule has 0 radical (unpaired) electrons. The maximum absolute atomic E-state index is 2.42. The van der Waals surface area contributed by atoms with Crippen LogP contribution in [0.5, 0.6) is 0 Å². The second-order valence-corrected chi connectivity index (χ2v) is 5.39. The van der Waals surface area contributed by atoms with Crippen LogP contribution in [-0.4, -0.2) is 11.0 Å². The van der Waals surface area contributed by atoms with Gasteiger partial charge in [0.2, 0.25) is 4.29 Å². The molecule has 0 saturated heterocycles. The van der Waals surface area contributed by atoms with E-state index in [1.807, 2.05) is 0 Å². The lowest BCUT2D eigenvalue weighted by Gasteiger charge is -1.82. The van der Waals surface area contributed by atoms with Crippen molar-refractivity contribution in [2.24, 2.45) is 0 Å². The standard InChI is InChI=1S/C2H7BIP/c1-3(4)5-2/h5H,1-2H3. The monoisotopic (exact) mass is 200 g/mol. The van der Waals surface area contributed by atoms with Crippen molar-refractivity contribution in [2.45, 2.75) is 6.82 Å². The molecule has 0 aliphatic rings. The average molecular weight is 200 g/mol. The molecule has 3 heteroatoms. The first-order chi connectivity index (χ1) is 2.27. The summed E-state index contributed by atoms with van der Waals surface area (Å²) in [5.74, 6) is 0. The number of rotatable bonds is 1. The number of halogens is 1. The van der Waals surface area contributed by atoms with Gasteiger partial charge in [-0.3, -0.25) is 0 Å². The largest absolute Gasteiger partial charge is 0.239 e. The molecule has 0 N–H and O–H groups in total. The Morgan fingerprint density at radius 3 is 2.00 bits per heavy atom. The van der Waals surface area contributed by atoms with Crippen molar-refractivity contribution in [1.82, 2.24) is 0 Å². The molecule has 0 bridgehead atoms. The molecule has 0 fully saturated rings. The Balaban J connectivity index is 2.54. The lowest BCUT2D eigenvalue weighted by atomic mass is 10.2. The molecule has 0 spiro atoms. The minimum Gasteiger partial charge on any atom is -0.147 e. The van der Waals surface area contributed by atoms with Crippen molar-refractivity contribution in [3.8, 4) is 0 Å². The molecule has 5 heavy (non-hydrogen) atoms. The van der Waals surface area contributed by atoms with E-state index < -0.39 is 0 Å². The van der Waals surface area contributed by atoms with Crippen molar-refractivity contribution < 1.29 is 0 Å². The van der Waals surface area contributed by atoms with E-state index in [4.69, 9.17) is 0 Å². The lowest BCUT2D eigenvalue weighted by molar-refractivity contribution is 2.34. The summed E-state index contributed by atoms with van der Waals surface area (Å²) < 4.78 is 0.882. The Labute approximate surface area is 48.8 Å². The minimum atomic E-state index is 0.882. The van der Waals surface area contributed by atoms with Crippen LogP contribution in [0.25, 0.3) is 0 Å². The predicted octanol–water partition coefficient (Wildman–Crippen LogP) is 1.85. The molecular formula is C2H7BIP. The summed E-state index contributed by atoms with van der Waals surface area (Å²) in [5.41, 5.74) is 0. The maximum Gasteiger partial charge on any atom is 0.239 e. The molecule has 0 aliphatic heterocycles. The molecule has 1 unspecified atom stereocenters. The van der Waals surface area contributed by atoms with Crippen LogP contribution in [0.4, 0.5) is 0 Å². The first-order valence-electron chi connectivity index (χ1n) is 1.58. The second-order valence-electron chi connectivity index (χ2n) is 0.905. The summed E-state index contributed by atoms with van der Waals surface area (Å²) >= 11 is 2.42. The van der Waals surface area contributed by atoms with Crippen LogP contribution in [0, 0.1) is 0 Å². The Bertz CT molecular complexity index is 23.6. The summed E-state index contributed by atoms with van der Waals surface area (Å²) in [6.07, 6.45) is 0. The van der Waals surface area contributed by atoms with Crippen molar-refractivity contribution in [3.63, 3.8) is 0 Å². The first-order valence-corrected chi connectivity index (χ1v) is 4.41. The summed E-state index contributed by atoms with van der Waals surface area (Å²) in [5, 5.41) is 0. The van der Waals surface area contributed by atoms with E-state index in [1.54, 1.807) is 0 Å². The molecular weight excluding hydrogens is 193 g/mol. The van der Waals surface area contributed by atoms with Gasteiger partial charge in [0.25, 0.3) is 0 Å². The van der Waals surface area contributed by atoms with Gasteiger partial charge in [0, 0.05) is 0 Å². The van der Waals surface area contributed by atoms with Gasteiger partial charge < -0.3 is 0 Å². The van der Waals surface area contributed by atoms with Crippen LogP contribution in [0.3, 0.4) is 0 Å². The Hall–Kier alpha value is 1.22. The van der Waals surface area contributed by atoms with E-state index in [-0.39, 0.29) is 0 Å². The zero-order chi connectivity index (χ0) is 4.28. The van der Waals surface area contributed by atoms with Gasteiger partial charge in [-0.1, -0.05) is 13.5 Å². The molecule has 30 valence electrons. The molecule has 0 aromatic heterocycles. The molecule has 0 saturated carbocycles. The zero-order valence-corrected chi connectivity index (χ0v) is 6.61. The molecule has 0 amide bonds. The van der Waals surface area contributed by atoms with Crippen LogP contribution < -0.4 is 0 Å². The fraction of sp³-hybridized carbons (Fsp3) is 1.00. The van der Waals surface area contributed by atoms with E-state index in [2.05, 4.69) is 35.9 Å². The predicted molar refractivity (Wildman–Crippen MR) is 39.9 cm³/mol. The molecule has 0 aromatic carbocycles. The highest BCUT2D eigenvalue weighted by Gasteiger charge is 1.90. The molecule has 0 aromatic rings. The lowest BCUT2D eigenvalue weighted by Crippen LogP contribution is -1.77. The highest BCUT2D eigenvalue weighted by molar-refractivity contribution is 14.1. The van der Waals surface area contributed by atoms with Gasteiger partial charge in [-0.25, -0.2) is 0 Å². The third-order valence-corrected chi connectivity index (χ3v) is 3.06. The fourth-order valence-electron chi connectivity index (χ4n) is 0. The Morgan fingerprint density at radius 1 is 1.80 bits per heavy atom. The van der Waals surface area contributed by atoms with Crippen molar-refractivity contribution in [3.05, 3.63) is 0 Å². The van der Waals surface area contributed by atoms with Gasteiger partial charge >= 0.3 is 0 Å². The van der Waals surface area contributed by atoms with Gasteiger partial charge in [0.05, 0.1) is 0 Å². The van der Waals surface area contributed by atoms with E-state index in [9.17, 15) is 0 Å². The SMILES string of the molecule is CPB(C)I. The van der Waals surface area contributed by atoms with Crippen LogP contribution >= 0.6 is 30.8 Å². The van der Waals surface area contributed by atoms with Crippen molar-refractivity contribution >= 4 is 35.1 Å². The van der Waals surface area contributed by atoms with E-state index in [1.165, 1.54) is 0 Å². The van der Waals surface area contributed by atoms with Gasteiger partial charge in [-0.2, -0.15) is 0 Å². The average Bonchev–Trinajstić information content (AvgIpc) is 1.38. The summed E-state index contributed by atoms with van der Waals surface area (Å²) in [6.45, 7) is 4.44. The third kappa shape index (κ3) is 5.22. The topological polar surface area (TPSA) is 0 Å². The number of hydrogen-bond donors (Lipinski definition) is 0. The second kappa shape index (κ2) is 3.42. The molecule has 0 aliphatic carbocycles. The normalized spacial score (nSPS) is 10.2. The maximum atomic E-state index is 2.42. The molecule has 0 nitrogen and oxygen atoms in total. The van der Waals surface area contributed by atoms with Crippen LogP contribution in [0.1, 0.15) is 0 Å². The van der Waals surface area contributed by atoms with E-state index in [0.717, 1.165) is 12.7 Å². The third-order valence-electron chi connectivity index (χ3n) is 0.398. The van der Waals surface area contributed by atoms with Crippen molar-refractivity contribution in [2.75, 3.05) is 6.66 Å². The van der Waals surface area contributed by atoms with E-state index >= 15 is 0 Å². The molecule has 1 atom stereocenters. The Kier molecular flexibility index (Phi) is 4.25. The van der Waals surface area contributed by atoms with Gasteiger partial charge in [-0.15, -0.1) is 30.8 Å². The van der Waals surface area contributed by atoms with Crippen molar-refractivity contribution in [1.29, 1.82) is 0 Å². The highest BCUT2D eigenvalue weighted by Crippen LogP contribution is 2.13. The van der Waals surface area contributed by atoms with Gasteiger partial charge in [-0.05, 0) is 0 Å². The smallest absolute Gasteiger partial charge is 0.147 e. The molecule has 0 heterocycles. The van der Waals surface area contributed by atoms with Gasteiger partial charge in [0.1, 0.15) is 0 Å². The summed E-state index contributed by atoms with van der Waals surface area (Å²) in [6, 6.07) is 0. The van der Waals surface area contributed by atoms with Crippen LogP contribution in [0.15, 0.2) is 0 Å². The summed E-state index contributed by atoms with van der Waals surface area (Å²) in [4.78, 5) is 0.